The van der Waals surface area contributed by atoms with Crippen LogP contribution in [0.25, 0.3) is 0 Å². The number of anilines is 1. The van der Waals surface area contributed by atoms with E-state index < -0.39 is 0 Å². The average Bonchev–Trinajstić information content (AvgIpc) is 2.58. The molecule has 23 heavy (non-hydrogen) atoms. The van der Waals surface area contributed by atoms with Crippen LogP contribution in [0, 0.1) is 0 Å². The van der Waals surface area contributed by atoms with Crippen LogP contribution in [0.3, 0.4) is 0 Å². The van der Waals surface area contributed by atoms with Gasteiger partial charge in [0.05, 0.1) is 18.1 Å². The number of nitrogens with zero attached hydrogens (tertiary/aromatic N) is 1. The van der Waals surface area contributed by atoms with Gasteiger partial charge in [-0.25, -0.2) is 0 Å². The molecule has 3 rings (SSSR count). The predicted molar refractivity (Wildman–Crippen MR) is 89.6 cm³/mol. The average molecular weight is 350 g/mol. The number of fused-ring (bicyclic) bond motifs is 1. The van der Waals surface area contributed by atoms with Crippen LogP contribution in [-0.4, -0.2) is 24.2 Å². The van der Waals surface area contributed by atoms with Crippen molar-refractivity contribution >= 4 is 40.6 Å². The standard InChI is InChI=1S/C17H13Cl2NO3/c18-8-15(21)11-5-6-16-14(7-11)20(17(22)10-23-16)9-12-3-1-2-4-13(12)19/h1-7H,8-10H2. The highest BCUT2D eigenvalue weighted by Gasteiger charge is 2.27. The number of ketones is 1. The van der Waals surface area contributed by atoms with Crippen LogP contribution in [0.1, 0.15) is 15.9 Å². The molecule has 1 aliphatic heterocycles. The number of rotatable bonds is 4. The Morgan fingerprint density at radius 3 is 2.74 bits per heavy atom. The monoisotopic (exact) mass is 349 g/mol. The molecule has 1 aliphatic rings. The summed E-state index contributed by atoms with van der Waals surface area (Å²) >= 11 is 11.8. The molecule has 2 aromatic rings. The maximum absolute atomic E-state index is 12.3. The molecule has 1 heterocycles. The van der Waals surface area contributed by atoms with Crippen LogP contribution in [0.2, 0.25) is 5.02 Å². The third-order valence-electron chi connectivity index (χ3n) is 3.63. The molecule has 0 saturated heterocycles. The molecule has 0 unspecified atom stereocenters. The lowest BCUT2D eigenvalue weighted by molar-refractivity contribution is -0.121. The van der Waals surface area contributed by atoms with Gasteiger partial charge in [-0.15, -0.1) is 11.6 Å². The van der Waals surface area contributed by atoms with Gasteiger partial charge < -0.3 is 9.64 Å². The van der Waals surface area contributed by atoms with Crippen molar-refractivity contribution in [2.75, 3.05) is 17.4 Å². The minimum atomic E-state index is -0.204. The molecule has 118 valence electrons. The fourth-order valence-corrected chi connectivity index (χ4v) is 2.77. The topological polar surface area (TPSA) is 46.6 Å². The van der Waals surface area contributed by atoms with E-state index in [0.717, 1.165) is 5.56 Å². The first-order chi connectivity index (χ1) is 11.1. The Bertz CT molecular complexity index is 776. The van der Waals surface area contributed by atoms with Crippen molar-refractivity contribution in [1.82, 2.24) is 0 Å². The first kappa shape index (κ1) is 15.8. The van der Waals surface area contributed by atoms with Gasteiger partial charge in [0.15, 0.2) is 12.4 Å². The number of amides is 1. The van der Waals surface area contributed by atoms with E-state index in [1.54, 1.807) is 29.2 Å². The Kier molecular flexibility index (Phi) is 4.55. The van der Waals surface area contributed by atoms with Gasteiger partial charge in [-0.1, -0.05) is 29.8 Å². The van der Waals surface area contributed by atoms with Crippen LogP contribution in [0.15, 0.2) is 42.5 Å². The summed E-state index contributed by atoms with van der Waals surface area (Å²) in [6, 6.07) is 12.3. The molecule has 0 bridgehead atoms. The van der Waals surface area contributed by atoms with Crippen molar-refractivity contribution in [2.45, 2.75) is 6.54 Å². The largest absolute Gasteiger partial charge is 0.482 e. The van der Waals surface area contributed by atoms with Gasteiger partial charge in [0.25, 0.3) is 5.91 Å². The van der Waals surface area contributed by atoms with E-state index in [4.69, 9.17) is 27.9 Å². The second kappa shape index (κ2) is 6.60. The van der Waals surface area contributed by atoms with Crippen molar-refractivity contribution in [3.8, 4) is 5.75 Å². The summed E-state index contributed by atoms with van der Waals surface area (Å²) in [6.07, 6.45) is 0. The molecule has 1 amide bonds. The quantitative estimate of drug-likeness (QED) is 0.624. The van der Waals surface area contributed by atoms with E-state index >= 15 is 0 Å². The summed E-state index contributed by atoms with van der Waals surface area (Å²) in [4.78, 5) is 25.6. The lowest BCUT2D eigenvalue weighted by Gasteiger charge is -2.30. The molecule has 0 aromatic heterocycles. The minimum Gasteiger partial charge on any atom is -0.482 e. The zero-order valence-corrected chi connectivity index (χ0v) is 13.6. The Labute approximate surface area is 143 Å². The number of Topliss-reactive ketones (excluding diaryl/α,β-unsaturated/α-hetero) is 1. The van der Waals surface area contributed by atoms with Crippen molar-refractivity contribution in [2.24, 2.45) is 0 Å². The highest BCUT2D eigenvalue weighted by molar-refractivity contribution is 6.31. The fourth-order valence-electron chi connectivity index (χ4n) is 2.42. The van der Waals surface area contributed by atoms with Gasteiger partial charge in [-0.3, -0.25) is 9.59 Å². The summed E-state index contributed by atoms with van der Waals surface area (Å²) in [5, 5.41) is 0.585. The molecule has 0 radical (unpaired) electrons. The van der Waals surface area contributed by atoms with E-state index in [1.165, 1.54) is 0 Å². The predicted octanol–water partition coefficient (Wildman–Crippen LogP) is 3.69. The molecule has 6 heteroatoms. The summed E-state index contributed by atoms with van der Waals surface area (Å²) in [7, 11) is 0. The van der Waals surface area contributed by atoms with E-state index in [9.17, 15) is 9.59 Å². The lowest BCUT2D eigenvalue weighted by Crippen LogP contribution is -2.38. The zero-order chi connectivity index (χ0) is 16.4. The molecule has 0 saturated carbocycles. The molecule has 0 N–H and O–H groups in total. The van der Waals surface area contributed by atoms with E-state index in [-0.39, 0.29) is 24.2 Å². The van der Waals surface area contributed by atoms with Crippen molar-refractivity contribution in [3.63, 3.8) is 0 Å². The molecule has 0 atom stereocenters. The second-order valence-electron chi connectivity index (χ2n) is 5.10. The van der Waals surface area contributed by atoms with Gasteiger partial charge in [0, 0.05) is 10.6 Å². The molecule has 2 aromatic carbocycles. The Balaban J connectivity index is 2.00. The minimum absolute atomic E-state index is 0.0414. The number of alkyl halides is 1. The number of carbonyl (C=O) groups is 2. The van der Waals surface area contributed by atoms with Crippen LogP contribution in [0.5, 0.6) is 5.75 Å². The number of carbonyl (C=O) groups excluding carboxylic acids is 2. The molecular formula is C17H13Cl2NO3. The first-order valence-electron chi connectivity index (χ1n) is 7.00. The van der Waals surface area contributed by atoms with E-state index in [0.29, 0.717) is 28.6 Å². The summed E-state index contributed by atoms with van der Waals surface area (Å²) in [6.45, 7) is 0.271. The lowest BCUT2D eigenvalue weighted by atomic mass is 10.1. The van der Waals surface area contributed by atoms with Crippen LogP contribution >= 0.6 is 23.2 Å². The van der Waals surface area contributed by atoms with Gasteiger partial charge in [0.2, 0.25) is 0 Å². The third kappa shape index (κ3) is 3.19. The third-order valence-corrected chi connectivity index (χ3v) is 4.24. The highest BCUT2D eigenvalue weighted by Crippen LogP contribution is 2.35. The van der Waals surface area contributed by atoms with Gasteiger partial charge in [-0.05, 0) is 29.8 Å². The molecule has 0 spiro atoms. The number of hydrogen-bond acceptors (Lipinski definition) is 3. The fraction of sp³-hybridized carbons (Fsp3) is 0.176. The van der Waals surface area contributed by atoms with E-state index in [2.05, 4.69) is 0 Å². The van der Waals surface area contributed by atoms with Crippen LogP contribution in [0.4, 0.5) is 5.69 Å². The smallest absolute Gasteiger partial charge is 0.265 e. The second-order valence-corrected chi connectivity index (χ2v) is 5.77. The Morgan fingerprint density at radius 1 is 1.22 bits per heavy atom. The Hall–Kier alpha value is -2.04. The molecule has 0 fully saturated rings. The van der Waals surface area contributed by atoms with Crippen molar-refractivity contribution in [1.29, 1.82) is 0 Å². The number of benzene rings is 2. The molecule has 0 aliphatic carbocycles. The van der Waals surface area contributed by atoms with Gasteiger partial charge in [-0.2, -0.15) is 0 Å². The maximum Gasteiger partial charge on any atom is 0.265 e. The summed E-state index contributed by atoms with van der Waals surface area (Å²) in [5.41, 5.74) is 1.82. The molecular weight excluding hydrogens is 337 g/mol. The number of halogens is 2. The zero-order valence-electron chi connectivity index (χ0n) is 12.1. The SMILES string of the molecule is O=C(CCl)c1ccc2c(c1)N(Cc1ccccc1Cl)C(=O)CO2. The van der Waals surface area contributed by atoms with E-state index in [1.807, 2.05) is 18.2 Å². The number of ether oxygens (including phenoxy) is 1. The van der Waals surface area contributed by atoms with Gasteiger partial charge in [0.1, 0.15) is 5.75 Å². The highest BCUT2D eigenvalue weighted by atomic mass is 35.5. The van der Waals surface area contributed by atoms with Crippen LogP contribution in [-0.2, 0) is 11.3 Å². The van der Waals surface area contributed by atoms with Crippen LogP contribution < -0.4 is 9.64 Å². The first-order valence-corrected chi connectivity index (χ1v) is 7.91. The summed E-state index contributed by atoms with van der Waals surface area (Å²) in [5.74, 6) is 0.0545. The summed E-state index contributed by atoms with van der Waals surface area (Å²) < 4.78 is 5.43. The maximum atomic E-state index is 12.3. The van der Waals surface area contributed by atoms with Crippen molar-refractivity contribution < 1.29 is 14.3 Å². The van der Waals surface area contributed by atoms with Crippen molar-refractivity contribution in [3.05, 3.63) is 58.6 Å². The molecule has 4 nitrogen and oxygen atoms in total. The normalized spacial score (nSPS) is 13.5. The Morgan fingerprint density at radius 2 is 2.00 bits per heavy atom. The number of hydrogen-bond donors (Lipinski definition) is 0. The van der Waals surface area contributed by atoms with Gasteiger partial charge >= 0.3 is 0 Å².